The highest BCUT2D eigenvalue weighted by molar-refractivity contribution is 7.08. The summed E-state index contributed by atoms with van der Waals surface area (Å²) in [7, 11) is 0. The third kappa shape index (κ3) is 5.77. The van der Waals surface area contributed by atoms with E-state index in [2.05, 4.69) is 20.2 Å². The Labute approximate surface area is 211 Å². The predicted octanol–water partition coefficient (Wildman–Crippen LogP) is 1.06. The van der Waals surface area contributed by atoms with Crippen molar-refractivity contribution in [2.75, 3.05) is 6.54 Å². The van der Waals surface area contributed by atoms with E-state index in [1.165, 1.54) is 17.2 Å². The highest BCUT2D eigenvalue weighted by atomic mass is 32.1. The molecule has 188 valence electrons. The van der Waals surface area contributed by atoms with Crippen LogP contribution in [0.2, 0.25) is 0 Å². The molecule has 1 aromatic carbocycles. The van der Waals surface area contributed by atoms with Crippen LogP contribution in [0.3, 0.4) is 0 Å². The fraction of sp³-hybridized carbons (Fsp3) is 0.333. The molecule has 0 radical (unpaired) electrons. The Morgan fingerprint density at radius 2 is 1.97 bits per heavy atom. The van der Waals surface area contributed by atoms with Crippen molar-refractivity contribution in [1.29, 1.82) is 0 Å². The van der Waals surface area contributed by atoms with E-state index < -0.39 is 35.8 Å². The maximum atomic E-state index is 13.4. The molecular weight excluding hydrogens is 484 g/mol. The van der Waals surface area contributed by atoms with E-state index in [1.54, 1.807) is 13.0 Å². The van der Waals surface area contributed by atoms with Crippen LogP contribution in [0.15, 0.2) is 53.1 Å². The lowest BCUT2D eigenvalue weighted by Crippen LogP contribution is -2.59. The van der Waals surface area contributed by atoms with Gasteiger partial charge in [0.2, 0.25) is 11.8 Å². The molecule has 3 atom stereocenters. The minimum Gasteiger partial charge on any atom is -0.459 e. The smallest absolute Gasteiger partial charge is 0.290 e. The Morgan fingerprint density at radius 1 is 1.19 bits per heavy atom. The summed E-state index contributed by atoms with van der Waals surface area (Å²) < 4.78 is 9.04. The van der Waals surface area contributed by atoms with Gasteiger partial charge in [-0.3, -0.25) is 19.2 Å². The number of carbonyl (C=O) groups is 4. The van der Waals surface area contributed by atoms with E-state index in [4.69, 9.17) is 10.2 Å². The first-order valence-corrected chi connectivity index (χ1v) is 12.2. The third-order valence-corrected chi connectivity index (χ3v) is 6.86. The van der Waals surface area contributed by atoms with E-state index in [0.717, 1.165) is 17.1 Å². The van der Waals surface area contributed by atoms with Crippen molar-refractivity contribution < 1.29 is 23.6 Å². The zero-order valence-corrected chi connectivity index (χ0v) is 20.4. The van der Waals surface area contributed by atoms with Crippen molar-refractivity contribution in [3.63, 3.8) is 0 Å². The molecule has 4 N–H and O–H groups in total. The Hall–Kier alpha value is -4.06. The fourth-order valence-corrected chi connectivity index (χ4v) is 4.72. The van der Waals surface area contributed by atoms with Crippen molar-refractivity contribution in [3.05, 3.63) is 70.6 Å². The van der Waals surface area contributed by atoms with E-state index in [-0.39, 0.29) is 31.1 Å². The van der Waals surface area contributed by atoms with E-state index in [9.17, 15) is 19.2 Å². The standard InChI is InChI=1S/C24H26N6O5S/c1-14-20(36-29-28-14)23(33)26-16-9-10-30(24(34)19-8-5-11-35-19)18(13-16)22(32)27-17(21(25)31)12-15-6-3-2-4-7-15/h2-8,11,16-18H,9-10,12-13H2,1H3,(H2,25,31)(H,26,33)(H,27,32). The lowest BCUT2D eigenvalue weighted by Gasteiger charge is -2.38. The number of primary amides is 1. The van der Waals surface area contributed by atoms with Gasteiger partial charge >= 0.3 is 0 Å². The number of furan rings is 1. The monoisotopic (exact) mass is 510 g/mol. The minimum atomic E-state index is -0.971. The second-order valence-corrected chi connectivity index (χ2v) is 9.28. The molecule has 0 bridgehead atoms. The van der Waals surface area contributed by atoms with Gasteiger partial charge in [0, 0.05) is 19.0 Å². The van der Waals surface area contributed by atoms with Gasteiger partial charge in [-0.2, -0.15) is 0 Å². The second kappa shape index (κ2) is 11.1. The minimum absolute atomic E-state index is 0.0948. The molecule has 0 spiro atoms. The first-order chi connectivity index (χ1) is 17.3. The van der Waals surface area contributed by atoms with Crippen molar-refractivity contribution >= 4 is 35.2 Å². The summed E-state index contributed by atoms with van der Waals surface area (Å²) in [5.74, 6) is -1.92. The van der Waals surface area contributed by atoms with Gasteiger partial charge in [0.1, 0.15) is 17.0 Å². The molecule has 4 amide bonds. The third-order valence-electron chi connectivity index (χ3n) is 6.03. The Bertz CT molecular complexity index is 1230. The summed E-state index contributed by atoms with van der Waals surface area (Å²) in [5.41, 5.74) is 6.92. The summed E-state index contributed by atoms with van der Waals surface area (Å²) >= 11 is 0.989. The molecule has 1 saturated heterocycles. The zero-order valence-electron chi connectivity index (χ0n) is 19.5. The molecule has 3 heterocycles. The summed E-state index contributed by atoms with van der Waals surface area (Å²) in [5, 5.41) is 9.48. The number of piperidine rings is 1. The number of amides is 4. The quantitative estimate of drug-likeness (QED) is 0.408. The number of aryl methyl sites for hydroxylation is 1. The molecule has 1 aliphatic rings. The number of hydrogen-bond donors (Lipinski definition) is 3. The summed E-state index contributed by atoms with van der Waals surface area (Å²) in [6, 6.07) is 9.95. The van der Waals surface area contributed by atoms with Gasteiger partial charge < -0.3 is 25.7 Å². The molecule has 11 nitrogen and oxygen atoms in total. The number of rotatable bonds is 8. The number of aromatic nitrogens is 2. The molecule has 2 aromatic heterocycles. The number of likely N-dealkylation sites (tertiary alicyclic amines) is 1. The largest absolute Gasteiger partial charge is 0.459 e. The average Bonchev–Trinajstić information content (AvgIpc) is 3.56. The topological polar surface area (TPSA) is 161 Å². The van der Waals surface area contributed by atoms with Gasteiger partial charge in [0.25, 0.3) is 11.8 Å². The number of nitrogens with one attached hydrogen (secondary N) is 2. The first-order valence-electron chi connectivity index (χ1n) is 11.4. The van der Waals surface area contributed by atoms with Crippen LogP contribution in [0.1, 0.15) is 44.3 Å². The van der Waals surface area contributed by atoms with Crippen LogP contribution in [0, 0.1) is 6.92 Å². The molecule has 1 fully saturated rings. The highest BCUT2D eigenvalue weighted by Crippen LogP contribution is 2.22. The summed E-state index contributed by atoms with van der Waals surface area (Å²) in [6.45, 7) is 1.89. The van der Waals surface area contributed by atoms with Gasteiger partial charge in [-0.1, -0.05) is 34.8 Å². The average molecular weight is 511 g/mol. The molecule has 1 aliphatic heterocycles. The van der Waals surface area contributed by atoms with Crippen LogP contribution in [0.25, 0.3) is 0 Å². The van der Waals surface area contributed by atoms with E-state index in [1.807, 2.05) is 30.3 Å². The van der Waals surface area contributed by atoms with Crippen LogP contribution < -0.4 is 16.4 Å². The molecule has 0 saturated carbocycles. The summed E-state index contributed by atoms with van der Waals surface area (Å²) in [6.07, 6.45) is 2.16. The molecule has 4 rings (SSSR count). The Balaban J connectivity index is 1.52. The normalized spacial score (nSPS) is 18.3. The SMILES string of the molecule is Cc1nnsc1C(=O)NC1CCN(C(=O)c2ccco2)C(C(=O)NC(Cc2ccccc2)C(N)=O)C1. The zero-order chi connectivity index (χ0) is 25.7. The number of nitrogens with zero attached hydrogens (tertiary/aromatic N) is 3. The lowest BCUT2D eigenvalue weighted by atomic mass is 9.95. The molecule has 12 heteroatoms. The summed E-state index contributed by atoms with van der Waals surface area (Å²) in [4.78, 5) is 53.2. The predicted molar refractivity (Wildman–Crippen MR) is 130 cm³/mol. The molecular formula is C24H26N6O5S. The van der Waals surface area contributed by atoms with E-state index in [0.29, 0.717) is 17.0 Å². The van der Waals surface area contributed by atoms with Gasteiger partial charge in [0.05, 0.1) is 12.0 Å². The Morgan fingerprint density at radius 3 is 2.61 bits per heavy atom. The number of carbonyl (C=O) groups excluding carboxylic acids is 4. The van der Waals surface area contributed by atoms with Crippen LogP contribution in [0.4, 0.5) is 0 Å². The fourth-order valence-electron chi connectivity index (χ4n) is 4.16. The van der Waals surface area contributed by atoms with Crippen LogP contribution in [0.5, 0.6) is 0 Å². The van der Waals surface area contributed by atoms with Crippen molar-refractivity contribution in [2.24, 2.45) is 5.73 Å². The maximum Gasteiger partial charge on any atom is 0.290 e. The van der Waals surface area contributed by atoms with Gasteiger partial charge in [-0.05, 0) is 49.0 Å². The molecule has 36 heavy (non-hydrogen) atoms. The lowest BCUT2D eigenvalue weighted by molar-refractivity contribution is -0.131. The van der Waals surface area contributed by atoms with Crippen molar-refractivity contribution in [1.82, 2.24) is 25.1 Å². The maximum absolute atomic E-state index is 13.4. The van der Waals surface area contributed by atoms with E-state index >= 15 is 0 Å². The van der Waals surface area contributed by atoms with Crippen LogP contribution in [-0.4, -0.2) is 62.8 Å². The number of nitrogens with two attached hydrogens (primary N) is 1. The first kappa shape index (κ1) is 25.0. The molecule has 3 aromatic rings. The number of hydrogen-bond acceptors (Lipinski definition) is 8. The second-order valence-electron chi connectivity index (χ2n) is 8.53. The van der Waals surface area contributed by atoms with Gasteiger partial charge in [-0.25, -0.2) is 0 Å². The van der Waals surface area contributed by atoms with Crippen LogP contribution in [-0.2, 0) is 16.0 Å². The van der Waals surface area contributed by atoms with Gasteiger partial charge in [-0.15, -0.1) is 5.10 Å². The van der Waals surface area contributed by atoms with Crippen LogP contribution >= 0.6 is 11.5 Å². The Kier molecular flexibility index (Phi) is 7.74. The number of benzene rings is 1. The van der Waals surface area contributed by atoms with Crippen molar-refractivity contribution in [2.45, 2.75) is 44.3 Å². The van der Waals surface area contributed by atoms with Crippen molar-refractivity contribution in [3.8, 4) is 0 Å². The van der Waals surface area contributed by atoms with Gasteiger partial charge in [0.15, 0.2) is 5.76 Å². The molecule has 3 unspecified atom stereocenters. The molecule has 0 aliphatic carbocycles. The highest BCUT2D eigenvalue weighted by Gasteiger charge is 2.39.